The van der Waals surface area contributed by atoms with Crippen molar-refractivity contribution in [3.63, 3.8) is 0 Å². The smallest absolute Gasteiger partial charge is 0.225 e. The van der Waals surface area contributed by atoms with Crippen molar-refractivity contribution >= 4 is 5.91 Å². The summed E-state index contributed by atoms with van der Waals surface area (Å²) in [5.74, 6) is 0.00732. The monoisotopic (exact) mass is 275 g/mol. The first kappa shape index (κ1) is 16.4. The second kappa shape index (κ2) is 9.32. The molecule has 0 aliphatic heterocycles. The predicted molar refractivity (Wildman–Crippen MR) is 82.1 cm³/mol. The maximum absolute atomic E-state index is 12.3. The van der Waals surface area contributed by atoms with Crippen LogP contribution < -0.4 is 0 Å². The third-order valence-electron chi connectivity index (χ3n) is 3.25. The molecule has 0 unspecified atom stereocenters. The Hall–Kier alpha value is -1.61. The Morgan fingerprint density at radius 2 is 2.00 bits per heavy atom. The van der Waals surface area contributed by atoms with Crippen molar-refractivity contribution in [2.24, 2.45) is 0 Å². The molecule has 0 saturated heterocycles. The molecule has 3 heteroatoms. The Bertz CT molecular complexity index is 414. The zero-order chi connectivity index (χ0) is 14.8. The van der Waals surface area contributed by atoms with E-state index in [1.807, 2.05) is 49.4 Å². The molecule has 0 aliphatic carbocycles. The van der Waals surface area contributed by atoms with Gasteiger partial charge in [0.05, 0.1) is 0 Å². The SMILES string of the molecule is C/C=C/CN(C(=O)CCCCC)[C@H](O)c1ccccc1. The molecular formula is C17H25NO2. The van der Waals surface area contributed by atoms with E-state index in [0.29, 0.717) is 13.0 Å². The maximum atomic E-state index is 12.3. The van der Waals surface area contributed by atoms with Crippen molar-refractivity contribution in [3.8, 4) is 0 Å². The molecule has 0 heterocycles. The van der Waals surface area contributed by atoms with Crippen molar-refractivity contribution in [2.75, 3.05) is 6.54 Å². The van der Waals surface area contributed by atoms with Crippen LogP contribution in [0.2, 0.25) is 0 Å². The van der Waals surface area contributed by atoms with Crippen LogP contribution in [0.4, 0.5) is 0 Å². The number of benzene rings is 1. The highest BCUT2D eigenvalue weighted by Gasteiger charge is 2.21. The van der Waals surface area contributed by atoms with Gasteiger partial charge in [-0.1, -0.05) is 62.2 Å². The minimum absolute atomic E-state index is 0.00732. The molecule has 0 fully saturated rings. The molecule has 1 atom stereocenters. The molecule has 1 rings (SSSR count). The van der Waals surface area contributed by atoms with Gasteiger partial charge < -0.3 is 10.0 Å². The second-order valence-electron chi connectivity index (χ2n) is 4.86. The first-order valence-electron chi connectivity index (χ1n) is 7.34. The number of rotatable bonds is 8. The number of allylic oxidation sites excluding steroid dienone is 1. The van der Waals surface area contributed by atoms with E-state index >= 15 is 0 Å². The van der Waals surface area contributed by atoms with Gasteiger partial charge in [0.1, 0.15) is 0 Å². The quantitative estimate of drug-likeness (QED) is 0.447. The summed E-state index contributed by atoms with van der Waals surface area (Å²) in [6, 6.07) is 9.32. The van der Waals surface area contributed by atoms with Gasteiger partial charge in [0.15, 0.2) is 6.23 Å². The summed E-state index contributed by atoms with van der Waals surface area (Å²) in [7, 11) is 0. The zero-order valence-corrected chi connectivity index (χ0v) is 12.5. The summed E-state index contributed by atoms with van der Waals surface area (Å²) in [6.45, 7) is 4.47. The second-order valence-corrected chi connectivity index (χ2v) is 4.86. The van der Waals surface area contributed by atoms with E-state index in [1.54, 1.807) is 0 Å². The topological polar surface area (TPSA) is 40.5 Å². The minimum atomic E-state index is -0.874. The van der Waals surface area contributed by atoms with Crippen LogP contribution in [0.3, 0.4) is 0 Å². The zero-order valence-electron chi connectivity index (χ0n) is 12.5. The highest BCUT2D eigenvalue weighted by molar-refractivity contribution is 5.76. The number of carbonyl (C=O) groups excluding carboxylic acids is 1. The standard InChI is InChI=1S/C17H25NO2/c1-3-5-8-13-16(19)18(14-6-4-2)17(20)15-11-9-7-10-12-15/h4,6-7,9-12,17,20H,3,5,8,13-14H2,1-2H3/b6-4+/t17-/m1/s1. The summed E-state index contributed by atoms with van der Waals surface area (Å²) >= 11 is 0. The summed E-state index contributed by atoms with van der Waals surface area (Å²) < 4.78 is 0. The summed E-state index contributed by atoms with van der Waals surface area (Å²) in [6.07, 6.45) is 6.42. The fourth-order valence-corrected chi connectivity index (χ4v) is 2.03. The molecule has 110 valence electrons. The van der Waals surface area contributed by atoms with Crippen LogP contribution in [-0.2, 0) is 4.79 Å². The van der Waals surface area contributed by atoms with Crippen molar-refractivity contribution in [3.05, 3.63) is 48.0 Å². The molecule has 0 radical (unpaired) electrons. The largest absolute Gasteiger partial charge is 0.369 e. The molecule has 0 saturated carbocycles. The molecule has 0 aliphatic rings. The van der Waals surface area contributed by atoms with Gasteiger partial charge in [0.25, 0.3) is 0 Å². The lowest BCUT2D eigenvalue weighted by molar-refractivity contribution is -0.141. The van der Waals surface area contributed by atoms with Gasteiger partial charge in [0.2, 0.25) is 5.91 Å². The van der Waals surface area contributed by atoms with Crippen LogP contribution in [-0.4, -0.2) is 22.5 Å². The molecule has 1 aromatic rings. The summed E-state index contributed by atoms with van der Waals surface area (Å²) in [4.78, 5) is 13.8. The van der Waals surface area contributed by atoms with Gasteiger partial charge in [0, 0.05) is 18.5 Å². The Morgan fingerprint density at radius 1 is 1.30 bits per heavy atom. The number of carbonyl (C=O) groups is 1. The number of aliphatic hydroxyl groups is 1. The lowest BCUT2D eigenvalue weighted by atomic mass is 10.1. The average molecular weight is 275 g/mol. The van der Waals surface area contributed by atoms with E-state index in [-0.39, 0.29) is 5.91 Å². The van der Waals surface area contributed by atoms with Gasteiger partial charge >= 0.3 is 0 Å². The van der Waals surface area contributed by atoms with E-state index < -0.39 is 6.23 Å². The van der Waals surface area contributed by atoms with Crippen molar-refractivity contribution < 1.29 is 9.90 Å². The third kappa shape index (κ3) is 5.17. The molecule has 20 heavy (non-hydrogen) atoms. The summed E-state index contributed by atoms with van der Waals surface area (Å²) in [5.41, 5.74) is 0.751. The molecule has 0 aromatic heterocycles. The lowest BCUT2D eigenvalue weighted by Gasteiger charge is -2.27. The van der Waals surface area contributed by atoms with E-state index in [4.69, 9.17) is 0 Å². The lowest BCUT2D eigenvalue weighted by Crippen LogP contribution is -2.35. The molecule has 0 bridgehead atoms. The minimum Gasteiger partial charge on any atom is -0.369 e. The molecule has 1 aromatic carbocycles. The van der Waals surface area contributed by atoms with Gasteiger partial charge in [-0.15, -0.1) is 0 Å². The van der Waals surface area contributed by atoms with E-state index in [2.05, 4.69) is 6.92 Å². The fraction of sp³-hybridized carbons (Fsp3) is 0.471. The number of nitrogens with zero attached hydrogens (tertiary/aromatic N) is 1. The van der Waals surface area contributed by atoms with E-state index in [1.165, 1.54) is 4.90 Å². The van der Waals surface area contributed by atoms with Crippen LogP contribution in [0, 0.1) is 0 Å². The Morgan fingerprint density at radius 3 is 2.60 bits per heavy atom. The van der Waals surface area contributed by atoms with E-state index in [0.717, 1.165) is 24.8 Å². The normalized spacial score (nSPS) is 12.6. The van der Waals surface area contributed by atoms with Crippen molar-refractivity contribution in [2.45, 2.75) is 45.8 Å². The molecule has 3 nitrogen and oxygen atoms in total. The Kier molecular flexibility index (Phi) is 7.66. The summed E-state index contributed by atoms with van der Waals surface area (Å²) in [5, 5.41) is 10.4. The highest BCUT2D eigenvalue weighted by Crippen LogP contribution is 2.19. The number of unbranched alkanes of at least 4 members (excludes halogenated alkanes) is 2. The molecule has 0 spiro atoms. The van der Waals surface area contributed by atoms with Crippen LogP contribution in [0.1, 0.15) is 51.3 Å². The van der Waals surface area contributed by atoms with Gasteiger partial charge in [-0.2, -0.15) is 0 Å². The van der Waals surface area contributed by atoms with Gasteiger partial charge in [-0.25, -0.2) is 0 Å². The number of aliphatic hydroxyl groups excluding tert-OH is 1. The van der Waals surface area contributed by atoms with Gasteiger partial charge in [-0.3, -0.25) is 4.79 Å². The van der Waals surface area contributed by atoms with Crippen LogP contribution in [0.25, 0.3) is 0 Å². The first-order valence-corrected chi connectivity index (χ1v) is 7.34. The van der Waals surface area contributed by atoms with Crippen LogP contribution in [0.5, 0.6) is 0 Å². The van der Waals surface area contributed by atoms with Crippen LogP contribution in [0.15, 0.2) is 42.5 Å². The fourth-order valence-electron chi connectivity index (χ4n) is 2.03. The maximum Gasteiger partial charge on any atom is 0.225 e. The van der Waals surface area contributed by atoms with Gasteiger partial charge in [-0.05, 0) is 13.3 Å². The van der Waals surface area contributed by atoms with E-state index in [9.17, 15) is 9.90 Å². The highest BCUT2D eigenvalue weighted by atomic mass is 16.3. The number of amides is 1. The number of hydrogen-bond donors (Lipinski definition) is 1. The molecule has 1 N–H and O–H groups in total. The first-order chi connectivity index (χ1) is 9.70. The Labute approximate surface area is 121 Å². The Balaban J connectivity index is 2.74. The predicted octanol–water partition coefficient (Wildman–Crippen LogP) is 3.66. The van der Waals surface area contributed by atoms with Crippen molar-refractivity contribution in [1.29, 1.82) is 0 Å². The molecule has 1 amide bonds. The average Bonchev–Trinajstić information content (AvgIpc) is 2.48. The molecular weight excluding hydrogens is 250 g/mol. The van der Waals surface area contributed by atoms with Crippen molar-refractivity contribution in [1.82, 2.24) is 4.90 Å². The third-order valence-corrected chi connectivity index (χ3v) is 3.25. The van der Waals surface area contributed by atoms with Crippen LogP contribution >= 0.6 is 0 Å². The number of hydrogen-bond acceptors (Lipinski definition) is 2.